The van der Waals surface area contributed by atoms with Crippen LogP contribution in [0, 0.1) is 5.82 Å². The fraction of sp³-hybridized carbons (Fsp3) is 0. The van der Waals surface area contributed by atoms with Crippen molar-refractivity contribution < 1.29 is 4.39 Å². The molecule has 94 valence electrons. The molecular formula is C15H12FN3. The van der Waals surface area contributed by atoms with Crippen LogP contribution in [-0.4, -0.2) is 9.78 Å². The first-order valence-corrected chi connectivity index (χ1v) is 5.89. The summed E-state index contributed by atoms with van der Waals surface area (Å²) in [5.41, 5.74) is 8.53. The number of nitrogen functional groups attached to an aromatic ring is 1. The van der Waals surface area contributed by atoms with E-state index in [0.717, 1.165) is 11.3 Å². The maximum absolute atomic E-state index is 13.7. The average molecular weight is 253 g/mol. The summed E-state index contributed by atoms with van der Waals surface area (Å²) < 4.78 is 15.4. The van der Waals surface area contributed by atoms with Crippen molar-refractivity contribution in [1.82, 2.24) is 9.78 Å². The van der Waals surface area contributed by atoms with E-state index in [-0.39, 0.29) is 5.82 Å². The average Bonchev–Trinajstić information content (AvgIpc) is 2.89. The highest BCUT2D eigenvalue weighted by atomic mass is 19.1. The SMILES string of the molecule is Nc1cccc(-n2cc(-c3ccccc3F)cn2)c1. The van der Waals surface area contributed by atoms with Gasteiger partial charge in [0.05, 0.1) is 11.9 Å². The normalized spacial score (nSPS) is 10.6. The van der Waals surface area contributed by atoms with Gasteiger partial charge in [-0.3, -0.25) is 0 Å². The topological polar surface area (TPSA) is 43.8 Å². The van der Waals surface area contributed by atoms with E-state index in [2.05, 4.69) is 5.10 Å². The van der Waals surface area contributed by atoms with Gasteiger partial charge < -0.3 is 5.73 Å². The quantitative estimate of drug-likeness (QED) is 0.712. The molecule has 0 bridgehead atoms. The molecular weight excluding hydrogens is 241 g/mol. The molecule has 19 heavy (non-hydrogen) atoms. The van der Waals surface area contributed by atoms with E-state index in [4.69, 9.17) is 5.73 Å². The number of hydrogen-bond acceptors (Lipinski definition) is 2. The summed E-state index contributed by atoms with van der Waals surface area (Å²) in [6.45, 7) is 0. The molecule has 3 aromatic rings. The number of anilines is 1. The molecule has 4 heteroatoms. The van der Waals surface area contributed by atoms with Gasteiger partial charge >= 0.3 is 0 Å². The Kier molecular flexibility index (Phi) is 2.76. The van der Waals surface area contributed by atoms with Crippen molar-refractivity contribution in [2.75, 3.05) is 5.73 Å². The first kappa shape index (κ1) is 11.5. The number of halogens is 1. The molecule has 2 aromatic carbocycles. The molecule has 0 unspecified atom stereocenters. The van der Waals surface area contributed by atoms with E-state index >= 15 is 0 Å². The highest BCUT2D eigenvalue weighted by Gasteiger charge is 2.07. The molecule has 1 aromatic heterocycles. The maximum atomic E-state index is 13.7. The molecule has 0 fully saturated rings. The van der Waals surface area contributed by atoms with Gasteiger partial charge in [-0.2, -0.15) is 5.10 Å². The summed E-state index contributed by atoms with van der Waals surface area (Å²) in [7, 11) is 0. The molecule has 0 aliphatic heterocycles. The van der Waals surface area contributed by atoms with Gasteiger partial charge in [0.15, 0.2) is 0 Å². The van der Waals surface area contributed by atoms with Crippen molar-refractivity contribution in [1.29, 1.82) is 0 Å². The van der Waals surface area contributed by atoms with E-state index in [1.807, 2.05) is 24.3 Å². The maximum Gasteiger partial charge on any atom is 0.131 e. The fourth-order valence-electron chi connectivity index (χ4n) is 1.97. The molecule has 3 nitrogen and oxygen atoms in total. The van der Waals surface area contributed by atoms with Crippen LogP contribution in [0.1, 0.15) is 0 Å². The van der Waals surface area contributed by atoms with E-state index in [1.54, 1.807) is 35.3 Å². The van der Waals surface area contributed by atoms with Crippen molar-refractivity contribution in [2.24, 2.45) is 0 Å². The fourth-order valence-corrected chi connectivity index (χ4v) is 1.97. The molecule has 0 saturated carbocycles. The molecule has 0 radical (unpaired) electrons. The van der Waals surface area contributed by atoms with Gasteiger partial charge in [-0.15, -0.1) is 0 Å². The number of nitrogens with two attached hydrogens (primary N) is 1. The molecule has 0 spiro atoms. The summed E-state index contributed by atoms with van der Waals surface area (Å²) in [6.07, 6.45) is 3.43. The Morgan fingerprint density at radius 2 is 1.89 bits per heavy atom. The Bertz CT molecular complexity index is 719. The largest absolute Gasteiger partial charge is 0.399 e. The van der Waals surface area contributed by atoms with Crippen LogP contribution in [0.25, 0.3) is 16.8 Å². The zero-order valence-corrected chi connectivity index (χ0v) is 10.1. The molecule has 2 N–H and O–H groups in total. The van der Waals surface area contributed by atoms with Crippen molar-refractivity contribution >= 4 is 5.69 Å². The summed E-state index contributed by atoms with van der Waals surface area (Å²) in [5, 5.41) is 4.24. The predicted molar refractivity (Wildman–Crippen MR) is 73.4 cm³/mol. The van der Waals surface area contributed by atoms with Crippen LogP contribution >= 0.6 is 0 Å². The summed E-state index contributed by atoms with van der Waals surface area (Å²) in [6, 6.07) is 14.0. The predicted octanol–water partition coefficient (Wildman–Crippen LogP) is 3.26. The molecule has 0 aliphatic carbocycles. The number of nitrogens with zero attached hydrogens (tertiary/aromatic N) is 2. The lowest BCUT2D eigenvalue weighted by Crippen LogP contribution is -1.95. The summed E-state index contributed by atoms with van der Waals surface area (Å²) >= 11 is 0. The smallest absolute Gasteiger partial charge is 0.131 e. The highest BCUT2D eigenvalue weighted by molar-refractivity contribution is 5.63. The number of rotatable bonds is 2. The first-order valence-electron chi connectivity index (χ1n) is 5.89. The van der Waals surface area contributed by atoms with Crippen LogP contribution in [0.5, 0.6) is 0 Å². The second kappa shape index (κ2) is 4.57. The lowest BCUT2D eigenvalue weighted by molar-refractivity contribution is 0.631. The monoisotopic (exact) mass is 253 g/mol. The Labute approximate surface area is 110 Å². The zero-order valence-electron chi connectivity index (χ0n) is 10.1. The Hall–Kier alpha value is -2.62. The molecule has 0 saturated heterocycles. The van der Waals surface area contributed by atoms with Crippen LogP contribution in [0.15, 0.2) is 60.9 Å². The number of aromatic nitrogens is 2. The Morgan fingerprint density at radius 3 is 2.68 bits per heavy atom. The van der Waals surface area contributed by atoms with E-state index in [0.29, 0.717) is 11.3 Å². The van der Waals surface area contributed by atoms with Gasteiger partial charge in [0, 0.05) is 23.0 Å². The first-order chi connectivity index (χ1) is 9.24. The third-order valence-electron chi connectivity index (χ3n) is 2.90. The minimum Gasteiger partial charge on any atom is -0.399 e. The van der Waals surface area contributed by atoms with Gasteiger partial charge in [-0.05, 0) is 24.3 Å². The standard InChI is InChI=1S/C15H12FN3/c16-15-7-2-1-6-14(15)11-9-18-19(10-11)13-5-3-4-12(17)8-13/h1-10H,17H2. The molecule has 0 atom stereocenters. The van der Waals surface area contributed by atoms with Crippen LogP contribution < -0.4 is 5.73 Å². The zero-order chi connectivity index (χ0) is 13.2. The van der Waals surface area contributed by atoms with Crippen molar-refractivity contribution in [2.45, 2.75) is 0 Å². The van der Waals surface area contributed by atoms with Gasteiger partial charge in [-0.25, -0.2) is 9.07 Å². The van der Waals surface area contributed by atoms with Crippen LogP contribution in [-0.2, 0) is 0 Å². The third kappa shape index (κ3) is 2.20. The molecule has 3 rings (SSSR count). The van der Waals surface area contributed by atoms with Crippen molar-refractivity contribution in [3.8, 4) is 16.8 Å². The van der Waals surface area contributed by atoms with Crippen molar-refractivity contribution in [3.05, 3.63) is 66.7 Å². The van der Waals surface area contributed by atoms with Crippen LogP contribution in [0.4, 0.5) is 10.1 Å². The number of benzene rings is 2. The van der Waals surface area contributed by atoms with Gasteiger partial charge in [0.2, 0.25) is 0 Å². The number of hydrogen-bond donors (Lipinski definition) is 1. The highest BCUT2D eigenvalue weighted by Crippen LogP contribution is 2.23. The third-order valence-corrected chi connectivity index (χ3v) is 2.90. The van der Waals surface area contributed by atoms with Gasteiger partial charge in [0.1, 0.15) is 5.82 Å². The Morgan fingerprint density at radius 1 is 1.05 bits per heavy atom. The van der Waals surface area contributed by atoms with Gasteiger partial charge in [-0.1, -0.05) is 24.3 Å². The lowest BCUT2D eigenvalue weighted by atomic mass is 10.1. The molecule has 0 amide bonds. The summed E-state index contributed by atoms with van der Waals surface area (Å²) in [4.78, 5) is 0. The Balaban J connectivity index is 2.03. The molecule has 0 aliphatic rings. The lowest BCUT2D eigenvalue weighted by Gasteiger charge is -2.02. The van der Waals surface area contributed by atoms with E-state index in [9.17, 15) is 4.39 Å². The van der Waals surface area contributed by atoms with Gasteiger partial charge in [0.25, 0.3) is 0 Å². The molecule has 1 heterocycles. The van der Waals surface area contributed by atoms with E-state index in [1.165, 1.54) is 6.07 Å². The minimum atomic E-state index is -0.255. The van der Waals surface area contributed by atoms with Crippen molar-refractivity contribution in [3.63, 3.8) is 0 Å². The van der Waals surface area contributed by atoms with E-state index < -0.39 is 0 Å². The summed E-state index contributed by atoms with van der Waals surface area (Å²) in [5.74, 6) is -0.255. The second-order valence-corrected chi connectivity index (χ2v) is 4.25. The minimum absolute atomic E-state index is 0.255. The second-order valence-electron chi connectivity index (χ2n) is 4.25. The van der Waals surface area contributed by atoms with Crippen LogP contribution in [0.3, 0.4) is 0 Å². The van der Waals surface area contributed by atoms with Crippen LogP contribution in [0.2, 0.25) is 0 Å².